The topological polar surface area (TPSA) is 98.0 Å². The third kappa shape index (κ3) is 17.7. The van der Waals surface area contributed by atoms with Gasteiger partial charge >= 0.3 is 5.97 Å². The number of rotatable bonds is 17. The maximum Gasteiger partial charge on any atom is 0.303 e. The number of hydrogen-bond donors (Lipinski definition) is 4. The maximum absolute atomic E-state index is 10.4. The van der Waals surface area contributed by atoms with E-state index in [0.717, 1.165) is 38.5 Å². The fraction of sp³-hybridized carbons (Fsp3) is 0.682. The molecule has 0 heterocycles. The molecule has 0 amide bonds. The Hall–Kier alpha value is -1.43. The monoisotopic (exact) mass is 382 g/mol. The molecule has 3 atom stereocenters. The average Bonchev–Trinajstić information content (AvgIpc) is 2.63. The number of carbonyl (C=O) groups is 1. The van der Waals surface area contributed by atoms with Gasteiger partial charge in [-0.2, -0.15) is 0 Å². The first kappa shape index (κ1) is 25.6. The van der Waals surface area contributed by atoms with E-state index in [2.05, 4.69) is 6.92 Å². The number of carboxylic acids is 1. The van der Waals surface area contributed by atoms with Gasteiger partial charge in [0.25, 0.3) is 0 Å². The lowest BCUT2D eigenvalue weighted by atomic mass is 10.0. The van der Waals surface area contributed by atoms with Crippen LogP contribution in [0.1, 0.15) is 77.6 Å². The quantitative estimate of drug-likeness (QED) is 0.172. The fourth-order valence-corrected chi connectivity index (χ4v) is 2.62. The molecular formula is C22H38O5. The second kappa shape index (κ2) is 18.0. The molecule has 0 aliphatic carbocycles. The molecule has 27 heavy (non-hydrogen) atoms. The Morgan fingerprint density at radius 2 is 1.59 bits per heavy atom. The molecule has 0 bridgehead atoms. The Morgan fingerprint density at radius 1 is 0.852 bits per heavy atom. The van der Waals surface area contributed by atoms with Crippen LogP contribution in [0.2, 0.25) is 0 Å². The van der Waals surface area contributed by atoms with E-state index in [4.69, 9.17) is 5.11 Å². The molecule has 0 saturated carbocycles. The highest BCUT2D eigenvalue weighted by atomic mass is 16.4. The van der Waals surface area contributed by atoms with Crippen LogP contribution in [0.5, 0.6) is 0 Å². The lowest BCUT2D eigenvalue weighted by Gasteiger charge is -2.15. The minimum Gasteiger partial charge on any atom is -0.481 e. The van der Waals surface area contributed by atoms with E-state index in [1.165, 1.54) is 0 Å². The third-order valence-corrected chi connectivity index (χ3v) is 4.33. The van der Waals surface area contributed by atoms with Crippen LogP contribution in [0.4, 0.5) is 0 Å². The van der Waals surface area contributed by atoms with E-state index in [0.29, 0.717) is 25.7 Å². The van der Waals surface area contributed by atoms with Crippen LogP contribution in [0.3, 0.4) is 0 Å². The highest BCUT2D eigenvalue weighted by Crippen LogP contribution is 2.10. The first-order valence-electron chi connectivity index (χ1n) is 10.2. The van der Waals surface area contributed by atoms with Gasteiger partial charge in [0, 0.05) is 6.42 Å². The Balaban J connectivity index is 3.75. The van der Waals surface area contributed by atoms with Crippen molar-refractivity contribution in [3.05, 3.63) is 36.5 Å². The normalized spacial score (nSPS) is 15.7. The van der Waals surface area contributed by atoms with Gasteiger partial charge in [-0.25, -0.2) is 0 Å². The lowest BCUT2D eigenvalue weighted by Crippen LogP contribution is -2.25. The molecule has 0 aliphatic rings. The molecule has 0 saturated heterocycles. The molecule has 0 fully saturated rings. The molecule has 4 N–H and O–H groups in total. The second-order valence-electron chi connectivity index (χ2n) is 6.95. The molecule has 3 unspecified atom stereocenters. The van der Waals surface area contributed by atoms with E-state index in [-0.39, 0.29) is 6.42 Å². The van der Waals surface area contributed by atoms with Gasteiger partial charge in [-0.05, 0) is 32.1 Å². The summed E-state index contributed by atoms with van der Waals surface area (Å²) in [6, 6.07) is 0. The molecule has 0 aromatic heterocycles. The number of allylic oxidation sites excluding steroid dienone is 4. The van der Waals surface area contributed by atoms with Crippen LogP contribution in [-0.4, -0.2) is 44.7 Å². The Kier molecular flexibility index (Phi) is 17.0. The summed E-state index contributed by atoms with van der Waals surface area (Å²) in [5.74, 6) is -0.771. The molecule has 0 rings (SSSR count). The summed E-state index contributed by atoms with van der Waals surface area (Å²) in [7, 11) is 0. The molecule has 0 radical (unpaired) electrons. The van der Waals surface area contributed by atoms with Crippen LogP contribution in [0, 0.1) is 0 Å². The molecular weight excluding hydrogens is 344 g/mol. The fourth-order valence-electron chi connectivity index (χ4n) is 2.62. The zero-order valence-corrected chi connectivity index (χ0v) is 16.7. The number of carboxylic acid groups (broad SMARTS) is 1. The van der Waals surface area contributed by atoms with Gasteiger partial charge in [0.2, 0.25) is 0 Å². The van der Waals surface area contributed by atoms with Gasteiger partial charge in [0.1, 0.15) is 0 Å². The van der Waals surface area contributed by atoms with Crippen molar-refractivity contribution < 1.29 is 25.2 Å². The van der Waals surface area contributed by atoms with Crippen molar-refractivity contribution in [2.75, 3.05) is 0 Å². The maximum atomic E-state index is 10.4. The largest absolute Gasteiger partial charge is 0.481 e. The highest BCUT2D eigenvalue weighted by Gasteiger charge is 2.13. The molecule has 0 aromatic carbocycles. The highest BCUT2D eigenvalue weighted by molar-refractivity contribution is 5.66. The summed E-state index contributed by atoms with van der Waals surface area (Å²) < 4.78 is 0. The van der Waals surface area contributed by atoms with Crippen LogP contribution < -0.4 is 0 Å². The summed E-state index contributed by atoms with van der Waals surface area (Å²) in [6.45, 7) is 2.11. The lowest BCUT2D eigenvalue weighted by molar-refractivity contribution is -0.137. The number of aliphatic hydroxyl groups excluding tert-OH is 3. The van der Waals surface area contributed by atoms with Crippen molar-refractivity contribution in [3.8, 4) is 0 Å². The molecule has 0 aliphatic heterocycles. The molecule has 5 nitrogen and oxygen atoms in total. The van der Waals surface area contributed by atoms with E-state index in [1.807, 2.05) is 30.4 Å². The van der Waals surface area contributed by atoms with Gasteiger partial charge in [-0.1, -0.05) is 75.5 Å². The molecule has 5 heteroatoms. The van der Waals surface area contributed by atoms with E-state index in [1.54, 1.807) is 6.08 Å². The van der Waals surface area contributed by atoms with Crippen molar-refractivity contribution in [1.29, 1.82) is 0 Å². The summed E-state index contributed by atoms with van der Waals surface area (Å²) in [4.78, 5) is 10.4. The number of aliphatic carboxylic acids is 1. The number of aliphatic hydroxyl groups is 3. The summed E-state index contributed by atoms with van der Waals surface area (Å²) in [6.07, 6.45) is 17.4. The van der Waals surface area contributed by atoms with Gasteiger partial charge in [0.15, 0.2) is 0 Å². The molecule has 0 aromatic rings. The van der Waals surface area contributed by atoms with Crippen LogP contribution in [0.25, 0.3) is 0 Å². The van der Waals surface area contributed by atoms with Crippen LogP contribution in [-0.2, 0) is 4.79 Å². The number of hydrogen-bond acceptors (Lipinski definition) is 4. The van der Waals surface area contributed by atoms with E-state index < -0.39 is 24.3 Å². The smallest absolute Gasteiger partial charge is 0.303 e. The zero-order valence-electron chi connectivity index (χ0n) is 16.7. The van der Waals surface area contributed by atoms with Crippen molar-refractivity contribution in [2.45, 2.75) is 95.9 Å². The van der Waals surface area contributed by atoms with Gasteiger partial charge in [-0.15, -0.1) is 0 Å². The van der Waals surface area contributed by atoms with Crippen LogP contribution >= 0.6 is 0 Å². The van der Waals surface area contributed by atoms with Gasteiger partial charge in [0.05, 0.1) is 18.3 Å². The Morgan fingerprint density at radius 3 is 2.30 bits per heavy atom. The number of unbranched alkanes of at least 4 members (excludes halogenated alkanes) is 4. The third-order valence-electron chi connectivity index (χ3n) is 4.33. The first-order valence-corrected chi connectivity index (χ1v) is 10.2. The second-order valence-corrected chi connectivity index (χ2v) is 6.95. The zero-order chi connectivity index (χ0) is 20.3. The van der Waals surface area contributed by atoms with Gasteiger partial charge in [-0.3, -0.25) is 4.79 Å². The molecule has 156 valence electrons. The Labute approximate surface area is 164 Å². The standard InChI is InChI=1S/C22H38O5/c1-2-3-9-16-20(24)21(25)17-12-7-5-4-6-10-14-19(23)15-11-8-13-18-22(26)27/h4,6-7,10,12,14,19-21,23-25H,2-3,5,8-9,11,13,15-18H2,1H3,(H,26,27)/b6-4-,12-7-,14-10+. The minimum absolute atomic E-state index is 0.192. The van der Waals surface area contributed by atoms with E-state index >= 15 is 0 Å². The van der Waals surface area contributed by atoms with Crippen LogP contribution in [0.15, 0.2) is 36.5 Å². The molecule has 0 spiro atoms. The van der Waals surface area contributed by atoms with E-state index in [9.17, 15) is 20.1 Å². The van der Waals surface area contributed by atoms with Gasteiger partial charge < -0.3 is 20.4 Å². The minimum atomic E-state index is -0.771. The Bertz CT molecular complexity index is 442. The van der Waals surface area contributed by atoms with Crippen molar-refractivity contribution in [3.63, 3.8) is 0 Å². The van der Waals surface area contributed by atoms with Crippen molar-refractivity contribution in [2.24, 2.45) is 0 Å². The average molecular weight is 383 g/mol. The summed E-state index contributed by atoms with van der Waals surface area (Å²) in [5.41, 5.74) is 0. The predicted octanol–water partition coefficient (Wildman–Crippen LogP) is 4.13. The summed E-state index contributed by atoms with van der Waals surface area (Å²) in [5, 5.41) is 38.0. The first-order chi connectivity index (χ1) is 13.0. The van der Waals surface area contributed by atoms with Crippen molar-refractivity contribution in [1.82, 2.24) is 0 Å². The summed E-state index contributed by atoms with van der Waals surface area (Å²) >= 11 is 0. The predicted molar refractivity (Wildman–Crippen MR) is 110 cm³/mol. The SMILES string of the molecule is CCCCCC(O)C(O)C/C=C\C/C=C\C=C\C(O)CCCCCC(=O)O. The van der Waals surface area contributed by atoms with Crippen molar-refractivity contribution >= 4 is 5.97 Å².